The van der Waals surface area contributed by atoms with E-state index >= 15 is 0 Å². The SMILES string of the molecule is Cc1ccc(CNC(=O)N[C@H](C)CCO)c(N(C)C)c1. The number of aliphatic hydroxyl groups is 1. The highest BCUT2D eigenvalue weighted by atomic mass is 16.3. The predicted molar refractivity (Wildman–Crippen MR) is 82.0 cm³/mol. The Bertz CT molecular complexity index is 447. The van der Waals surface area contributed by atoms with Crippen LogP contribution in [0.25, 0.3) is 0 Å². The number of anilines is 1. The van der Waals surface area contributed by atoms with Crippen LogP contribution >= 0.6 is 0 Å². The molecule has 0 saturated heterocycles. The van der Waals surface area contributed by atoms with Crippen LogP contribution in [0.5, 0.6) is 0 Å². The predicted octanol–water partition coefficient (Wildman–Crippen LogP) is 1.63. The molecular formula is C15H25N3O2. The van der Waals surface area contributed by atoms with E-state index in [1.54, 1.807) is 0 Å². The molecule has 0 saturated carbocycles. The lowest BCUT2D eigenvalue weighted by Crippen LogP contribution is -2.40. The second kappa shape index (κ2) is 7.75. The number of hydrogen-bond acceptors (Lipinski definition) is 3. The Balaban J connectivity index is 2.59. The van der Waals surface area contributed by atoms with E-state index in [-0.39, 0.29) is 18.7 Å². The van der Waals surface area contributed by atoms with Crippen LogP contribution in [-0.2, 0) is 6.54 Å². The van der Waals surface area contributed by atoms with E-state index in [2.05, 4.69) is 16.7 Å². The second-order valence-corrected chi connectivity index (χ2v) is 5.27. The van der Waals surface area contributed by atoms with Crippen molar-refractivity contribution >= 4 is 11.7 Å². The van der Waals surface area contributed by atoms with Crippen molar-refractivity contribution in [3.8, 4) is 0 Å². The second-order valence-electron chi connectivity index (χ2n) is 5.27. The van der Waals surface area contributed by atoms with Crippen LogP contribution in [0, 0.1) is 6.92 Å². The number of hydrogen-bond donors (Lipinski definition) is 3. The minimum absolute atomic E-state index is 0.0358. The zero-order valence-corrected chi connectivity index (χ0v) is 12.7. The van der Waals surface area contributed by atoms with Crippen LogP contribution in [0.1, 0.15) is 24.5 Å². The zero-order valence-electron chi connectivity index (χ0n) is 12.7. The van der Waals surface area contributed by atoms with Gasteiger partial charge in [-0.05, 0) is 37.5 Å². The van der Waals surface area contributed by atoms with Gasteiger partial charge in [0, 0.05) is 39.0 Å². The van der Waals surface area contributed by atoms with Crippen LogP contribution in [0.15, 0.2) is 18.2 Å². The summed E-state index contributed by atoms with van der Waals surface area (Å²) in [5, 5.41) is 14.4. The van der Waals surface area contributed by atoms with Gasteiger partial charge in [-0.2, -0.15) is 0 Å². The van der Waals surface area contributed by atoms with E-state index < -0.39 is 0 Å². The van der Waals surface area contributed by atoms with Crippen molar-refractivity contribution in [1.29, 1.82) is 0 Å². The lowest BCUT2D eigenvalue weighted by molar-refractivity contribution is 0.230. The van der Waals surface area contributed by atoms with Crippen molar-refractivity contribution in [3.05, 3.63) is 29.3 Å². The number of urea groups is 1. The van der Waals surface area contributed by atoms with Crippen molar-refractivity contribution in [2.45, 2.75) is 32.9 Å². The van der Waals surface area contributed by atoms with Gasteiger partial charge in [0.2, 0.25) is 0 Å². The first-order chi connectivity index (χ1) is 9.43. The van der Waals surface area contributed by atoms with Gasteiger partial charge < -0.3 is 20.6 Å². The van der Waals surface area contributed by atoms with Gasteiger partial charge >= 0.3 is 6.03 Å². The Morgan fingerprint density at radius 2 is 2.10 bits per heavy atom. The quantitative estimate of drug-likeness (QED) is 0.741. The number of amides is 2. The van der Waals surface area contributed by atoms with Gasteiger partial charge in [-0.15, -0.1) is 0 Å². The van der Waals surface area contributed by atoms with Crippen LogP contribution in [0.2, 0.25) is 0 Å². The maximum absolute atomic E-state index is 11.7. The number of benzene rings is 1. The molecule has 0 aromatic heterocycles. The number of rotatable bonds is 6. The van der Waals surface area contributed by atoms with Gasteiger partial charge in [0.1, 0.15) is 0 Å². The van der Waals surface area contributed by atoms with Gasteiger partial charge in [-0.25, -0.2) is 4.79 Å². The normalized spacial score (nSPS) is 11.8. The number of carbonyl (C=O) groups is 1. The summed E-state index contributed by atoms with van der Waals surface area (Å²) in [6.07, 6.45) is 0.556. The molecule has 0 unspecified atom stereocenters. The monoisotopic (exact) mass is 279 g/mol. The third-order valence-electron chi connectivity index (χ3n) is 3.10. The molecule has 0 bridgehead atoms. The fourth-order valence-corrected chi connectivity index (χ4v) is 1.96. The van der Waals surface area contributed by atoms with Crippen LogP contribution < -0.4 is 15.5 Å². The van der Waals surface area contributed by atoms with Crippen LogP contribution in [-0.4, -0.2) is 37.9 Å². The largest absolute Gasteiger partial charge is 0.396 e. The third kappa shape index (κ3) is 5.09. The third-order valence-corrected chi connectivity index (χ3v) is 3.10. The molecule has 1 aromatic rings. The summed E-state index contributed by atoms with van der Waals surface area (Å²) >= 11 is 0. The topological polar surface area (TPSA) is 64.6 Å². The molecule has 0 radical (unpaired) electrons. The lowest BCUT2D eigenvalue weighted by atomic mass is 10.1. The van der Waals surface area contributed by atoms with Gasteiger partial charge in [0.05, 0.1) is 0 Å². The molecule has 0 fully saturated rings. The molecule has 20 heavy (non-hydrogen) atoms. The number of carbonyl (C=O) groups excluding carboxylic acids is 1. The molecule has 1 aromatic carbocycles. The summed E-state index contributed by atoms with van der Waals surface area (Å²) in [6.45, 7) is 4.47. The first kappa shape index (κ1) is 16.3. The van der Waals surface area contributed by atoms with Gasteiger partial charge in [0.25, 0.3) is 0 Å². The van der Waals surface area contributed by atoms with E-state index in [1.165, 1.54) is 5.56 Å². The Morgan fingerprint density at radius 3 is 2.70 bits per heavy atom. The Hall–Kier alpha value is -1.75. The molecule has 3 N–H and O–H groups in total. The fraction of sp³-hybridized carbons (Fsp3) is 0.533. The average Bonchev–Trinajstić information content (AvgIpc) is 2.37. The Kier molecular flexibility index (Phi) is 6.31. The highest BCUT2D eigenvalue weighted by Gasteiger charge is 2.09. The number of nitrogens with one attached hydrogen (secondary N) is 2. The summed E-state index contributed by atoms with van der Waals surface area (Å²) in [6, 6.07) is 5.92. The van der Waals surface area contributed by atoms with Crippen molar-refractivity contribution in [1.82, 2.24) is 10.6 Å². The summed E-state index contributed by atoms with van der Waals surface area (Å²) < 4.78 is 0. The molecule has 112 valence electrons. The molecule has 0 aliphatic carbocycles. The molecular weight excluding hydrogens is 254 g/mol. The number of aryl methyl sites for hydroxylation is 1. The van der Waals surface area contributed by atoms with E-state index in [0.717, 1.165) is 11.3 Å². The molecule has 1 atom stereocenters. The first-order valence-corrected chi connectivity index (χ1v) is 6.86. The summed E-state index contributed by atoms with van der Waals surface area (Å²) in [5.41, 5.74) is 3.37. The number of aliphatic hydroxyl groups excluding tert-OH is 1. The Labute approximate surface area is 121 Å². The van der Waals surface area contributed by atoms with Gasteiger partial charge in [-0.1, -0.05) is 12.1 Å². The molecule has 0 spiro atoms. The standard InChI is InChI=1S/C15H25N3O2/c1-11-5-6-13(14(9-11)18(3)4)10-16-15(20)17-12(2)7-8-19/h5-6,9,12,19H,7-8,10H2,1-4H3,(H2,16,17,20)/t12-/m1/s1. The van der Waals surface area contributed by atoms with Gasteiger partial charge in [0.15, 0.2) is 0 Å². The average molecular weight is 279 g/mol. The zero-order chi connectivity index (χ0) is 15.1. The fourth-order valence-electron chi connectivity index (χ4n) is 1.96. The molecule has 0 aliphatic rings. The highest BCUT2D eigenvalue weighted by Crippen LogP contribution is 2.20. The molecule has 5 nitrogen and oxygen atoms in total. The lowest BCUT2D eigenvalue weighted by Gasteiger charge is -2.19. The van der Waals surface area contributed by atoms with E-state index in [1.807, 2.05) is 45.0 Å². The maximum atomic E-state index is 11.7. The van der Waals surface area contributed by atoms with E-state index in [0.29, 0.717) is 13.0 Å². The molecule has 0 aliphatic heterocycles. The smallest absolute Gasteiger partial charge is 0.315 e. The maximum Gasteiger partial charge on any atom is 0.315 e. The van der Waals surface area contributed by atoms with Crippen molar-refractivity contribution in [2.75, 3.05) is 25.6 Å². The van der Waals surface area contributed by atoms with Crippen molar-refractivity contribution in [3.63, 3.8) is 0 Å². The number of nitrogens with zero attached hydrogens (tertiary/aromatic N) is 1. The molecule has 0 heterocycles. The molecule has 1 rings (SSSR count). The summed E-state index contributed by atoms with van der Waals surface area (Å²) in [4.78, 5) is 13.8. The van der Waals surface area contributed by atoms with Crippen LogP contribution in [0.3, 0.4) is 0 Å². The molecule has 5 heteroatoms. The van der Waals surface area contributed by atoms with E-state index in [9.17, 15) is 4.79 Å². The highest BCUT2D eigenvalue weighted by molar-refractivity contribution is 5.74. The van der Waals surface area contributed by atoms with Crippen molar-refractivity contribution in [2.24, 2.45) is 0 Å². The van der Waals surface area contributed by atoms with Crippen LogP contribution in [0.4, 0.5) is 10.5 Å². The Morgan fingerprint density at radius 1 is 1.40 bits per heavy atom. The van der Waals surface area contributed by atoms with Gasteiger partial charge in [-0.3, -0.25) is 0 Å². The minimum atomic E-state index is -0.212. The summed E-state index contributed by atoms with van der Waals surface area (Å²) in [7, 11) is 3.98. The first-order valence-electron chi connectivity index (χ1n) is 6.86. The van der Waals surface area contributed by atoms with Crippen molar-refractivity contribution < 1.29 is 9.90 Å². The minimum Gasteiger partial charge on any atom is -0.396 e. The molecule has 2 amide bonds. The van der Waals surface area contributed by atoms with E-state index in [4.69, 9.17) is 5.11 Å². The summed E-state index contributed by atoms with van der Waals surface area (Å²) in [5.74, 6) is 0.